The van der Waals surface area contributed by atoms with Crippen molar-refractivity contribution < 1.29 is 38.4 Å². The summed E-state index contributed by atoms with van der Waals surface area (Å²) in [6.07, 6.45) is -4.34. The number of ether oxygens (including phenoxy) is 5. The third kappa shape index (κ3) is 10.2. The molecule has 2 fully saturated rings. The van der Waals surface area contributed by atoms with E-state index in [1.54, 1.807) is 11.9 Å². The van der Waals surface area contributed by atoms with Crippen LogP contribution in [0.3, 0.4) is 0 Å². The maximum atomic E-state index is 13.7. The Hall–Kier alpha value is -4.69. The zero-order valence-corrected chi connectivity index (χ0v) is 29.7. The van der Waals surface area contributed by atoms with Crippen molar-refractivity contribution >= 4 is 12.2 Å². The molecule has 3 N–H and O–H groups in total. The van der Waals surface area contributed by atoms with Crippen molar-refractivity contribution in [2.24, 2.45) is 5.11 Å². The third-order valence-corrected chi connectivity index (χ3v) is 9.65. The van der Waals surface area contributed by atoms with Gasteiger partial charge in [-0.15, -0.1) is 0 Å². The van der Waals surface area contributed by atoms with Crippen LogP contribution in [0.15, 0.2) is 96.1 Å². The molecule has 2 aliphatic rings. The van der Waals surface area contributed by atoms with Crippen LogP contribution in [0.25, 0.3) is 10.4 Å². The van der Waals surface area contributed by atoms with Crippen LogP contribution in [0.2, 0.25) is 0 Å². The van der Waals surface area contributed by atoms with Gasteiger partial charge in [-0.1, -0.05) is 96.1 Å². The number of rotatable bonds is 14. The number of benzene rings is 3. The Bertz CT molecular complexity index is 1600. The van der Waals surface area contributed by atoms with Gasteiger partial charge in [0.15, 0.2) is 6.29 Å². The normalized spacial score (nSPS) is 26.3. The molecule has 52 heavy (non-hydrogen) atoms. The van der Waals surface area contributed by atoms with E-state index >= 15 is 0 Å². The van der Waals surface area contributed by atoms with E-state index < -0.39 is 61.0 Å². The number of nitrogens with zero attached hydrogens (tertiary/aromatic N) is 4. The minimum absolute atomic E-state index is 0.0639. The lowest BCUT2D eigenvalue weighted by molar-refractivity contribution is -0.255. The third-order valence-electron chi connectivity index (χ3n) is 9.65. The first-order chi connectivity index (χ1) is 25.3. The lowest BCUT2D eigenvalue weighted by Gasteiger charge is -2.46. The van der Waals surface area contributed by atoms with E-state index in [0.717, 1.165) is 16.7 Å². The SMILES string of the molecule is CN[C@H]1[C@@H](O)[C@H](O[C@H]2O[C@H](CN(C(=O)OCc3ccccc3)[C@H](C)c3ccccc3)CC[C@H]2NC(=O)OCc2ccccc2)[C@@H](N=[N+]=[N-])C[C@@H]1OC. The standard InChI is InChI=1S/C38H48N6O8/c1-25(28-17-11-6-12-18-28)44(38(47)50-24-27-15-9-5-10-16-27)22-29-19-20-30(41-37(46)49-23-26-13-7-4-8-14-26)36(51-29)52-35-31(42-43-39)21-32(48-3)33(40-2)34(35)45/h4-18,25,29-36,40,45H,19-24H2,1-3H3,(H,41,46)/t25-,29+,30-,31+,32+,33-,34-,35-,36-/m1/s1. The minimum Gasteiger partial charge on any atom is -0.445 e. The van der Waals surface area contributed by atoms with Gasteiger partial charge in [-0.2, -0.15) is 0 Å². The van der Waals surface area contributed by atoms with Gasteiger partial charge < -0.3 is 39.4 Å². The maximum absolute atomic E-state index is 13.7. The lowest BCUT2D eigenvalue weighted by Crippen LogP contribution is -2.63. The molecule has 5 rings (SSSR count). The van der Waals surface area contributed by atoms with Gasteiger partial charge in [-0.3, -0.25) is 4.90 Å². The first-order valence-corrected chi connectivity index (χ1v) is 17.5. The number of methoxy groups -OCH3 is 1. The predicted molar refractivity (Wildman–Crippen MR) is 192 cm³/mol. The molecule has 0 unspecified atom stereocenters. The molecule has 14 nitrogen and oxygen atoms in total. The number of carbonyl (C=O) groups excluding carboxylic acids is 2. The lowest BCUT2D eigenvalue weighted by atomic mass is 9.83. The summed E-state index contributed by atoms with van der Waals surface area (Å²) in [4.78, 5) is 31.4. The van der Waals surface area contributed by atoms with Crippen LogP contribution in [0.4, 0.5) is 9.59 Å². The summed E-state index contributed by atoms with van der Waals surface area (Å²) in [6.45, 7) is 2.23. The average Bonchev–Trinajstić information content (AvgIpc) is 3.18. The highest BCUT2D eigenvalue weighted by Gasteiger charge is 2.47. The summed E-state index contributed by atoms with van der Waals surface area (Å²) < 4.78 is 29.9. The monoisotopic (exact) mass is 716 g/mol. The second-order valence-electron chi connectivity index (χ2n) is 13.0. The smallest absolute Gasteiger partial charge is 0.410 e. The highest BCUT2D eigenvalue weighted by Crippen LogP contribution is 2.32. The molecule has 278 valence electrons. The van der Waals surface area contributed by atoms with Gasteiger partial charge in [-0.25, -0.2) is 9.59 Å². The number of azide groups is 1. The minimum atomic E-state index is -1.16. The molecule has 3 aromatic rings. The molecular formula is C38H48N6O8. The first kappa shape index (κ1) is 38.5. The molecule has 1 aliphatic heterocycles. The number of carbonyl (C=O) groups is 2. The van der Waals surface area contributed by atoms with Crippen LogP contribution in [0.1, 0.15) is 48.9 Å². The number of nitrogens with one attached hydrogen (secondary N) is 2. The molecule has 1 saturated heterocycles. The highest BCUT2D eigenvalue weighted by molar-refractivity contribution is 5.68. The Morgan fingerprint density at radius 3 is 2.19 bits per heavy atom. The summed E-state index contributed by atoms with van der Waals surface area (Å²) in [5.41, 5.74) is 12.0. The number of alkyl carbamates (subject to hydrolysis) is 1. The van der Waals surface area contributed by atoms with E-state index in [1.165, 1.54) is 7.11 Å². The summed E-state index contributed by atoms with van der Waals surface area (Å²) >= 11 is 0. The van der Waals surface area contributed by atoms with Crippen LogP contribution >= 0.6 is 0 Å². The van der Waals surface area contributed by atoms with E-state index in [9.17, 15) is 20.2 Å². The van der Waals surface area contributed by atoms with Crippen LogP contribution in [0.5, 0.6) is 0 Å². The number of amides is 2. The topological polar surface area (TPSA) is 177 Å². The van der Waals surface area contributed by atoms with Gasteiger partial charge in [-0.05, 0) is 55.5 Å². The molecule has 0 bridgehead atoms. The van der Waals surface area contributed by atoms with Gasteiger partial charge in [0, 0.05) is 12.0 Å². The van der Waals surface area contributed by atoms with Crippen molar-refractivity contribution in [3.05, 3.63) is 118 Å². The van der Waals surface area contributed by atoms with Crippen LogP contribution in [-0.2, 0) is 36.9 Å². The highest BCUT2D eigenvalue weighted by atomic mass is 16.7. The van der Waals surface area contributed by atoms with Crippen LogP contribution in [0, 0.1) is 0 Å². The molecule has 9 atom stereocenters. The number of aliphatic hydroxyl groups is 1. The fraction of sp³-hybridized carbons (Fsp3) is 0.474. The summed E-state index contributed by atoms with van der Waals surface area (Å²) in [7, 11) is 3.23. The van der Waals surface area contributed by atoms with Gasteiger partial charge in [0.25, 0.3) is 0 Å². The van der Waals surface area contributed by atoms with Crippen molar-refractivity contribution in [1.82, 2.24) is 15.5 Å². The molecule has 2 amide bonds. The molecule has 0 spiro atoms. The Morgan fingerprint density at radius 2 is 1.60 bits per heavy atom. The average molecular weight is 717 g/mol. The van der Waals surface area contributed by atoms with Crippen molar-refractivity contribution in [2.75, 3.05) is 20.7 Å². The first-order valence-electron chi connectivity index (χ1n) is 17.5. The summed E-state index contributed by atoms with van der Waals surface area (Å²) in [5, 5.41) is 21.4. The van der Waals surface area contributed by atoms with E-state index in [1.807, 2.05) is 97.9 Å². The second-order valence-corrected chi connectivity index (χ2v) is 13.0. The molecular weight excluding hydrogens is 668 g/mol. The van der Waals surface area contributed by atoms with Crippen LogP contribution < -0.4 is 10.6 Å². The number of hydrogen-bond donors (Lipinski definition) is 3. The van der Waals surface area contributed by atoms with E-state index in [0.29, 0.717) is 12.8 Å². The molecule has 0 radical (unpaired) electrons. The largest absolute Gasteiger partial charge is 0.445 e. The van der Waals surface area contributed by atoms with E-state index in [2.05, 4.69) is 20.7 Å². The Morgan fingerprint density at radius 1 is 0.981 bits per heavy atom. The van der Waals surface area contributed by atoms with Gasteiger partial charge in [0.05, 0.1) is 55.1 Å². The van der Waals surface area contributed by atoms with Crippen molar-refractivity contribution in [2.45, 2.75) is 94.3 Å². The quantitative estimate of drug-likeness (QED) is 0.109. The Kier molecular flexibility index (Phi) is 14.3. The molecule has 14 heteroatoms. The predicted octanol–water partition coefficient (Wildman–Crippen LogP) is 5.62. The fourth-order valence-corrected chi connectivity index (χ4v) is 6.77. The van der Waals surface area contributed by atoms with Gasteiger partial charge >= 0.3 is 12.2 Å². The summed E-state index contributed by atoms with van der Waals surface area (Å²) in [6, 6.07) is 26.0. The Balaban J connectivity index is 1.36. The Labute approximate surface area is 304 Å². The van der Waals surface area contributed by atoms with Crippen LogP contribution in [-0.4, -0.2) is 91.7 Å². The fourth-order valence-electron chi connectivity index (χ4n) is 6.77. The van der Waals surface area contributed by atoms with Crippen molar-refractivity contribution in [1.29, 1.82) is 0 Å². The van der Waals surface area contributed by atoms with Crippen molar-refractivity contribution in [3.8, 4) is 0 Å². The number of hydrogen-bond acceptors (Lipinski definition) is 10. The maximum Gasteiger partial charge on any atom is 0.410 e. The molecule has 1 heterocycles. The van der Waals surface area contributed by atoms with Gasteiger partial charge in [0.1, 0.15) is 13.2 Å². The molecule has 3 aromatic carbocycles. The van der Waals surface area contributed by atoms with Crippen molar-refractivity contribution in [3.63, 3.8) is 0 Å². The molecule has 1 saturated carbocycles. The number of aliphatic hydroxyl groups excluding tert-OH is 1. The number of likely N-dealkylation sites (N-methyl/N-ethyl adjacent to an activating group) is 1. The summed E-state index contributed by atoms with van der Waals surface area (Å²) in [5.74, 6) is 0. The molecule has 0 aromatic heterocycles. The second kappa shape index (κ2) is 19.2. The molecule has 1 aliphatic carbocycles. The zero-order chi connectivity index (χ0) is 36.9. The van der Waals surface area contributed by atoms with Gasteiger partial charge in [0.2, 0.25) is 0 Å². The zero-order valence-electron chi connectivity index (χ0n) is 29.7. The van der Waals surface area contributed by atoms with E-state index in [-0.39, 0.29) is 32.2 Å². The van der Waals surface area contributed by atoms with E-state index in [4.69, 9.17) is 23.7 Å².